The van der Waals surface area contributed by atoms with E-state index in [9.17, 15) is 4.79 Å². The van der Waals surface area contributed by atoms with Gasteiger partial charge in [0.15, 0.2) is 0 Å². The fourth-order valence-electron chi connectivity index (χ4n) is 3.17. The van der Waals surface area contributed by atoms with Crippen LogP contribution in [0.2, 0.25) is 0 Å². The maximum atomic E-state index is 10.7. The molecule has 20 heavy (non-hydrogen) atoms. The largest absolute Gasteiger partial charge is 0.370 e. The van der Waals surface area contributed by atoms with Crippen molar-refractivity contribution in [1.82, 2.24) is 0 Å². The second kappa shape index (κ2) is 9.65. The minimum absolute atomic E-state index is 0.175. The van der Waals surface area contributed by atoms with Gasteiger partial charge >= 0.3 is 0 Å². The van der Waals surface area contributed by atoms with E-state index in [-0.39, 0.29) is 11.4 Å². The monoisotopic (exact) mass is 280 g/mol. The Kier molecular flexibility index (Phi) is 8.12. The Hall–Kier alpha value is -1.22. The van der Waals surface area contributed by atoms with Gasteiger partial charge in [0.2, 0.25) is 5.91 Å². The van der Waals surface area contributed by atoms with Crippen molar-refractivity contribution in [2.24, 2.45) is 10.8 Å². The SMILES string of the molecule is [N-]=[N+]=NC1(CCCCCC(N)=O)CCCCCCCC1. The van der Waals surface area contributed by atoms with Crippen molar-refractivity contribution in [3.05, 3.63) is 10.4 Å². The average Bonchev–Trinajstić information content (AvgIpc) is 2.51. The molecule has 0 unspecified atom stereocenters. The standard InChI is InChI=1S/C15H28N4O/c16-14(20)10-6-5-9-13-15(18-19-17)11-7-3-1-2-4-8-12-15/h1-13H2,(H2,16,20). The maximum Gasteiger partial charge on any atom is 0.217 e. The molecule has 5 nitrogen and oxygen atoms in total. The fourth-order valence-corrected chi connectivity index (χ4v) is 3.17. The van der Waals surface area contributed by atoms with Crippen LogP contribution in [-0.4, -0.2) is 11.4 Å². The molecule has 0 heterocycles. The third-order valence-electron chi connectivity index (χ3n) is 4.36. The first kappa shape index (κ1) is 16.8. The molecule has 0 atom stereocenters. The summed E-state index contributed by atoms with van der Waals surface area (Å²) in [4.78, 5) is 13.8. The second-order valence-electron chi connectivity index (χ2n) is 6.06. The van der Waals surface area contributed by atoms with Gasteiger partial charge in [-0.25, -0.2) is 0 Å². The summed E-state index contributed by atoms with van der Waals surface area (Å²) in [6.45, 7) is 0. The van der Waals surface area contributed by atoms with Crippen molar-refractivity contribution in [1.29, 1.82) is 0 Å². The summed E-state index contributed by atoms with van der Waals surface area (Å²) < 4.78 is 0. The van der Waals surface area contributed by atoms with Crippen LogP contribution < -0.4 is 5.73 Å². The molecule has 0 saturated heterocycles. The molecule has 0 radical (unpaired) electrons. The molecule has 0 aromatic heterocycles. The summed E-state index contributed by atoms with van der Waals surface area (Å²) in [6.07, 6.45) is 13.8. The van der Waals surface area contributed by atoms with Gasteiger partial charge < -0.3 is 5.73 Å². The van der Waals surface area contributed by atoms with Gasteiger partial charge in [0, 0.05) is 16.9 Å². The van der Waals surface area contributed by atoms with Crippen LogP contribution in [0.15, 0.2) is 5.11 Å². The Balaban J connectivity index is 2.46. The van der Waals surface area contributed by atoms with E-state index in [2.05, 4.69) is 10.0 Å². The Morgan fingerprint density at radius 2 is 1.65 bits per heavy atom. The molecule has 1 saturated carbocycles. The first-order valence-corrected chi connectivity index (χ1v) is 8.03. The molecule has 2 N–H and O–H groups in total. The highest BCUT2D eigenvalue weighted by atomic mass is 16.1. The van der Waals surface area contributed by atoms with E-state index in [0.29, 0.717) is 6.42 Å². The van der Waals surface area contributed by atoms with Gasteiger partial charge in [-0.05, 0) is 31.2 Å². The van der Waals surface area contributed by atoms with E-state index >= 15 is 0 Å². The normalized spacial score (nSPS) is 19.2. The van der Waals surface area contributed by atoms with Gasteiger partial charge in [0.05, 0.1) is 0 Å². The van der Waals surface area contributed by atoms with Gasteiger partial charge in [-0.15, -0.1) is 0 Å². The summed E-state index contributed by atoms with van der Waals surface area (Å²) in [5.74, 6) is -0.225. The highest BCUT2D eigenvalue weighted by molar-refractivity contribution is 5.73. The number of hydrogen-bond donors (Lipinski definition) is 1. The zero-order chi connectivity index (χ0) is 14.7. The molecule has 1 fully saturated rings. The fraction of sp³-hybridized carbons (Fsp3) is 0.933. The quantitative estimate of drug-likeness (QED) is 0.314. The van der Waals surface area contributed by atoms with Crippen LogP contribution >= 0.6 is 0 Å². The van der Waals surface area contributed by atoms with Crippen LogP contribution in [0.4, 0.5) is 0 Å². The van der Waals surface area contributed by atoms with Crippen LogP contribution in [0.25, 0.3) is 10.4 Å². The molecule has 0 aromatic carbocycles. The first-order chi connectivity index (χ1) is 9.68. The van der Waals surface area contributed by atoms with Crippen molar-refractivity contribution in [3.63, 3.8) is 0 Å². The molecule has 114 valence electrons. The Bertz CT molecular complexity index is 327. The molecular weight excluding hydrogens is 252 g/mol. The van der Waals surface area contributed by atoms with Crippen molar-refractivity contribution in [2.45, 2.75) is 89.0 Å². The minimum Gasteiger partial charge on any atom is -0.370 e. The number of nitrogens with zero attached hydrogens (tertiary/aromatic N) is 3. The third kappa shape index (κ3) is 6.80. The first-order valence-electron chi connectivity index (χ1n) is 8.03. The van der Waals surface area contributed by atoms with Gasteiger partial charge in [-0.2, -0.15) is 0 Å². The van der Waals surface area contributed by atoms with Crippen LogP contribution in [-0.2, 0) is 4.79 Å². The number of nitrogens with two attached hydrogens (primary N) is 1. The molecule has 0 aliphatic heterocycles. The summed E-state index contributed by atoms with van der Waals surface area (Å²) in [7, 11) is 0. The Morgan fingerprint density at radius 1 is 1.05 bits per heavy atom. The molecule has 5 heteroatoms. The smallest absolute Gasteiger partial charge is 0.217 e. The number of hydrogen-bond acceptors (Lipinski definition) is 2. The zero-order valence-electron chi connectivity index (χ0n) is 12.5. The predicted octanol–water partition coefficient (Wildman–Crippen LogP) is 4.61. The van der Waals surface area contributed by atoms with E-state index < -0.39 is 0 Å². The summed E-state index contributed by atoms with van der Waals surface area (Å²) in [6, 6.07) is 0. The second-order valence-corrected chi connectivity index (χ2v) is 6.06. The minimum atomic E-state index is -0.225. The summed E-state index contributed by atoms with van der Waals surface area (Å²) in [5, 5.41) is 4.18. The van der Waals surface area contributed by atoms with Crippen LogP contribution in [0, 0.1) is 0 Å². The lowest BCUT2D eigenvalue weighted by molar-refractivity contribution is -0.118. The Labute approximate surface area is 121 Å². The van der Waals surface area contributed by atoms with E-state index in [4.69, 9.17) is 11.3 Å². The molecule has 0 aromatic rings. The maximum absolute atomic E-state index is 10.7. The van der Waals surface area contributed by atoms with Gasteiger partial charge in [-0.3, -0.25) is 4.79 Å². The van der Waals surface area contributed by atoms with Crippen LogP contribution in [0.1, 0.15) is 83.5 Å². The lowest BCUT2D eigenvalue weighted by Crippen LogP contribution is -2.25. The van der Waals surface area contributed by atoms with Crippen molar-refractivity contribution in [3.8, 4) is 0 Å². The van der Waals surface area contributed by atoms with E-state index in [1.165, 1.54) is 38.5 Å². The lowest BCUT2D eigenvalue weighted by atomic mass is 9.83. The number of carbonyl (C=O) groups excluding carboxylic acids is 1. The predicted molar refractivity (Wildman–Crippen MR) is 81.1 cm³/mol. The number of unbranched alkanes of at least 4 members (excludes halogenated alkanes) is 2. The topological polar surface area (TPSA) is 91.8 Å². The summed E-state index contributed by atoms with van der Waals surface area (Å²) >= 11 is 0. The number of azide groups is 1. The molecule has 1 aliphatic rings. The molecule has 0 bridgehead atoms. The molecule has 1 amide bonds. The number of rotatable bonds is 7. The lowest BCUT2D eigenvalue weighted by Gasteiger charge is -2.28. The summed E-state index contributed by atoms with van der Waals surface area (Å²) in [5.41, 5.74) is 13.9. The van der Waals surface area contributed by atoms with Crippen molar-refractivity contribution < 1.29 is 4.79 Å². The molecule has 1 rings (SSSR count). The zero-order valence-corrected chi connectivity index (χ0v) is 12.5. The average molecular weight is 280 g/mol. The van der Waals surface area contributed by atoms with E-state index in [0.717, 1.165) is 38.5 Å². The van der Waals surface area contributed by atoms with E-state index in [1.54, 1.807) is 0 Å². The third-order valence-corrected chi connectivity index (χ3v) is 4.36. The number of carbonyl (C=O) groups is 1. The van der Waals surface area contributed by atoms with Crippen LogP contribution in [0.5, 0.6) is 0 Å². The highest BCUT2D eigenvalue weighted by Gasteiger charge is 2.28. The highest BCUT2D eigenvalue weighted by Crippen LogP contribution is 2.34. The van der Waals surface area contributed by atoms with Gasteiger partial charge in [0.25, 0.3) is 0 Å². The van der Waals surface area contributed by atoms with Crippen molar-refractivity contribution >= 4 is 5.91 Å². The van der Waals surface area contributed by atoms with Gasteiger partial charge in [0.1, 0.15) is 0 Å². The Morgan fingerprint density at radius 3 is 2.20 bits per heavy atom. The molecular formula is C15H28N4O. The number of amides is 1. The van der Waals surface area contributed by atoms with Gasteiger partial charge in [-0.1, -0.05) is 56.5 Å². The molecule has 1 aliphatic carbocycles. The van der Waals surface area contributed by atoms with E-state index in [1.807, 2.05) is 0 Å². The van der Waals surface area contributed by atoms with Crippen LogP contribution in [0.3, 0.4) is 0 Å². The van der Waals surface area contributed by atoms with Crippen molar-refractivity contribution in [2.75, 3.05) is 0 Å². The number of primary amides is 1. The molecule has 0 spiro atoms.